The number of hydrogen-bond donors (Lipinski definition) is 2. The van der Waals surface area contributed by atoms with E-state index in [1.165, 1.54) is 11.3 Å². The molecule has 1 atom stereocenters. The van der Waals surface area contributed by atoms with E-state index < -0.39 is 0 Å². The number of thiazole rings is 1. The van der Waals surface area contributed by atoms with Crippen LogP contribution >= 0.6 is 23.7 Å². The molecule has 0 aliphatic carbocycles. The molecule has 0 spiro atoms. The molecular weight excluding hydrogens is 298 g/mol. The molecule has 1 amide bonds. The first-order valence-electron chi connectivity index (χ1n) is 6.72. The van der Waals surface area contributed by atoms with Gasteiger partial charge in [-0.15, -0.1) is 12.4 Å². The maximum absolute atomic E-state index is 11.8. The number of aromatic nitrogens is 1. The fourth-order valence-electron chi connectivity index (χ4n) is 1.89. The summed E-state index contributed by atoms with van der Waals surface area (Å²) in [4.78, 5) is 23.3. The summed E-state index contributed by atoms with van der Waals surface area (Å²) in [7, 11) is 0. The van der Waals surface area contributed by atoms with Crippen molar-refractivity contribution in [2.45, 2.75) is 52.1 Å². The minimum absolute atomic E-state index is 0. The average molecular weight is 322 g/mol. The van der Waals surface area contributed by atoms with Crippen molar-refractivity contribution >= 4 is 29.7 Å². The van der Waals surface area contributed by atoms with Crippen LogP contribution < -0.4 is 15.9 Å². The van der Waals surface area contributed by atoms with Crippen molar-refractivity contribution in [3.05, 3.63) is 20.7 Å². The van der Waals surface area contributed by atoms with E-state index in [9.17, 15) is 9.59 Å². The normalized spacial score (nSPS) is 11.8. The number of rotatable bonds is 8. The van der Waals surface area contributed by atoms with Gasteiger partial charge in [0.15, 0.2) is 0 Å². The summed E-state index contributed by atoms with van der Waals surface area (Å²) in [5.74, 6) is -0.0379. The summed E-state index contributed by atoms with van der Waals surface area (Å²) < 4.78 is 1.63. The second kappa shape index (κ2) is 9.96. The first-order valence-corrected chi connectivity index (χ1v) is 7.60. The second-order valence-electron chi connectivity index (χ2n) is 4.69. The Balaban J connectivity index is 0.00000361. The molecule has 116 valence electrons. The lowest BCUT2D eigenvalue weighted by atomic mass is 10.1. The lowest BCUT2D eigenvalue weighted by Crippen LogP contribution is -2.40. The first kappa shape index (κ1) is 19.1. The van der Waals surface area contributed by atoms with Gasteiger partial charge < -0.3 is 15.6 Å². The SMILES string of the molecule is CCCCC(CN)NC(=O)CCn1c(C)csc1=O.Cl. The zero-order valence-corrected chi connectivity index (χ0v) is 13.7. The Hall–Kier alpha value is -0.850. The van der Waals surface area contributed by atoms with Crippen molar-refractivity contribution in [3.8, 4) is 0 Å². The quantitative estimate of drug-likeness (QED) is 0.764. The Morgan fingerprint density at radius 1 is 1.55 bits per heavy atom. The number of unbranched alkanes of at least 4 members (excludes halogenated alkanes) is 1. The van der Waals surface area contributed by atoms with Crippen molar-refractivity contribution < 1.29 is 4.79 Å². The highest BCUT2D eigenvalue weighted by molar-refractivity contribution is 7.07. The van der Waals surface area contributed by atoms with Gasteiger partial charge in [0.25, 0.3) is 0 Å². The zero-order valence-electron chi connectivity index (χ0n) is 12.1. The molecule has 3 N–H and O–H groups in total. The van der Waals surface area contributed by atoms with Crippen LogP contribution in [0.2, 0.25) is 0 Å². The molecule has 0 aromatic carbocycles. The number of aryl methyl sites for hydroxylation is 1. The predicted octanol–water partition coefficient (Wildman–Crippen LogP) is 1.66. The number of carbonyl (C=O) groups excluding carboxylic acids is 1. The van der Waals surface area contributed by atoms with Crippen LogP contribution in [0.15, 0.2) is 10.2 Å². The second-order valence-corrected chi connectivity index (χ2v) is 5.51. The molecule has 0 fully saturated rings. The van der Waals surface area contributed by atoms with Crippen LogP contribution in [-0.2, 0) is 11.3 Å². The molecule has 7 heteroatoms. The van der Waals surface area contributed by atoms with Gasteiger partial charge in [-0.1, -0.05) is 31.1 Å². The third-order valence-corrected chi connectivity index (χ3v) is 3.98. The highest BCUT2D eigenvalue weighted by Gasteiger charge is 2.11. The van der Waals surface area contributed by atoms with Gasteiger partial charge in [0.1, 0.15) is 0 Å². The molecule has 5 nitrogen and oxygen atoms in total. The van der Waals surface area contributed by atoms with Crippen LogP contribution in [0.3, 0.4) is 0 Å². The van der Waals surface area contributed by atoms with Crippen molar-refractivity contribution in [3.63, 3.8) is 0 Å². The van der Waals surface area contributed by atoms with E-state index in [1.54, 1.807) is 4.57 Å². The summed E-state index contributed by atoms with van der Waals surface area (Å²) in [5, 5.41) is 4.74. The van der Waals surface area contributed by atoms with Gasteiger partial charge >= 0.3 is 4.87 Å². The Bertz CT molecular complexity index is 459. The van der Waals surface area contributed by atoms with E-state index in [0.717, 1.165) is 25.0 Å². The zero-order chi connectivity index (χ0) is 14.3. The number of nitrogens with two attached hydrogens (primary N) is 1. The van der Waals surface area contributed by atoms with Crippen LogP contribution in [0.4, 0.5) is 0 Å². The van der Waals surface area contributed by atoms with Gasteiger partial charge in [-0.05, 0) is 13.3 Å². The molecular formula is C13H24ClN3O2S. The number of halogens is 1. The number of hydrogen-bond acceptors (Lipinski definition) is 4. The van der Waals surface area contributed by atoms with Crippen LogP contribution in [0.1, 0.15) is 38.3 Å². The molecule has 0 aliphatic rings. The van der Waals surface area contributed by atoms with Gasteiger partial charge in [0, 0.05) is 36.6 Å². The van der Waals surface area contributed by atoms with Gasteiger partial charge in [-0.3, -0.25) is 9.59 Å². The van der Waals surface area contributed by atoms with Crippen LogP contribution in [0.25, 0.3) is 0 Å². The predicted molar refractivity (Wildman–Crippen MR) is 85.7 cm³/mol. The Labute approximate surface area is 130 Å². The van der Waals surface area contributed by atoms with Crippen molar-refractivity contribution in [1.29, 1.82) is 0 Å². The summed E-state index contributed by atoms with van der Waals surface area (Å²) >= 11 is 1.17. The van der Waals surface area contributed by atoms with Crippen LogP contribution in [0, 0.1) is 6.92 Å². The van der Waals surface area contributed by atoms with E-state index in [4.69, 9.17) is 5.73 Å². The monoisotopic (exact) mass is 321 g/mol. The van der Waals surface area contributed by atoms with E-state index in [1.807, 2.05) is 12.3 Å². The summed E-state index contributed by atoms with van der Waals surface area (Å²) in [6.07, 6.45) is 3.39. The molecule has 0 saturated heterocycles. The lowest BCUT2D eigenvalue weighted by molar-refractivity contribution is -0.122. The number of amides is 1. The van der Waals surface area contributed by atoms with Crippen LogP contribution in [0.5, 0.6) is 0 Å². The largest absolute Gasteiger partial charge is 0.352 e. The third-order valence-electron chi connectivity index (χ3n) is 3.09. The number of nitrogens with one attached hydrogen (secondary N) is 1. The number of carbonyl (C=O) groups is 1. The average Bonchev–Trinajstić information content (AvgIpc) is 2.71. The molecule has 1 unspecified atom stereocenters. The fraction of sp³-hybridized carbons (Fsp3) is 0.692. The summed E-state index contributed by atoms with van der Waals surface area (Å²) in [6, 6.07) is 0.0488. The van der Waals surface area contributed by atoms with E-state index in [2.05, 4.69) is 12.2 Å². The minimum atomic E-state index is -0.0379. The smallest absolute Gasteiger partial charge is 0.307 e. The lowest BCUT2D eigenvalue weighted by Gasteiger charge is -2.16. The van der Waals surface area contributed by atoms with Gasteiger partial charge in [0.2, 0.25) is 5.91 Å². The Morgan fingerprint density at radius 2 is 2.25 bits per heavy atom. The molecule has 1 rings (SSSR count). The minimum Gasteiger partial charge on any atom is -0.352 e. The Kier molecular flexibility index (Phi) is 9.54. The molecule has 20 heavy (non-hydrogen) atoms. The van der Waals surface area contributed by atoms with Gasteiger partial charge in [-0.2, -0.15) is 0 Å². The maximum atomic E-state index is 11.8. The highest BCUT2D eigenvalue weighted by Crippen LogP contribution is 2.02. The first-order chi connectivity index (χ1) is 9.08. The molecule has 0 saturated carbocycles. The summed E-state index contributed by atoms with van der Waals surface area (Å²) in [5.41, 5.74) is 6.54. The topological polar surface area (TPSA) is 77.1 Å². The summed E-state index contributed by atoms with van der Waals surface area (Å²) in [6.45, 7) is 4.88. The highest BCUT2D eigenvalue weighted by atomic mass is 35.5. The molecule has 1 aromatic rings. The van der Waals surface area contributed by atoms with Gasteiger partial charge in [-0.25, -0.2) is 0 Å². The van der Waals surface area contributed by atoms with Crippen LogP contribution in [-0.4, -0.2) is 23.1 Å². The molecule has 1 aromatic heterocycles. The standard InChI is InChI=1S/C13H23N3O2S.ClH/c1-3-4-5-11(8-14)15-12(17)6-7-16-10(2)9-19-13(16)18;/h9,11H,3-8,14H2,1-2H3,(H,15,17);1H. The number of nitrogens with zero attached hydrogens (tertiary/aromatic N) is 1. The maximum Gasteiger partial charge on any atom is 0.307 e. The molecule has 0 aliphatic heterocycles. The van der Waals surface area contributed by atoms with Crippen molar-refractivity contribution in [1.82, 2.24) is 9.88 Å². The molecule has 0 bridgehead atoms. The Morgan fingerprint density at radius 3 is 2.75 bits per heavy atom. The van der Waals surface area contributed by atoms with E-state index >= 15 is 0 Å². The van der Waals surface area contributed by atoms with Crippen molar-refractivity contribution in [2.75, 3.05) is 6.54 Å². The molecule has 0 radical (unpaired) electrons. The third kappa shape index (κ3) is 6.07. The van der Waals surface area contributed by atoms with E-state index in [-0.39, 0.29) is 29.2 Å². The molecule has 1 heterocycles. The fourth-order valence-corrected chi connectivity index (χ4v) is 2.65. The van der Waals surface area contributed by atoms with E-state index in [0.29, 0.717) is 19.5 Å². The van der Waals surface area contributed by atoms with Crippen molar-refractivity contribution in [2.24, 2.45) is 5.73 Å². The van der Waals surface area contributed by atoms with Gasteiger partial charge in [0.05, 0.1) is 0 Å².